The molecule has 0 aliphatic carbocycles. The van der Waals surface area contributed by atoms with Crippen molar-refractivity contribution in [2.24, 2.45) is 0 Å². The number of nitrogens with one attached hydrogen (secondary N) is 1. The Kier molecular flexibility index (Phi) is 5.94. The maximum Gasteiger partial charge on any atom is 0.272 e. The van der Waals surface area contributed by atoms with Gasteiger partial charge in [-0.2, -0.15) is 10.4 Å². The molecule has 8 nitrogen and oxygen atoms in total. The zero-order chi connectivity index (χ0) is 25.4. The number of likely N-dealkylation sites (tertiary alicyclic amines) is 1. The highest BCUT2D eigenvalue weighted by Crippen LogP contribution is 2.25. The highest BCUT2D eigenvalue weighted by molar-refractivity contribution is 6.14. The monoisotopic (exact) mass is 482 g/mol. The van der Waals surface area contributed by atoms with E-state index in [0.717, 1.165) is 17.7 Å². The van der Waals surface area contributed by atoms with Gasteiger partial charge < -0.3 is 10.2 Å². The Bertz CT molecular complexity index is 1550. The van der Waals surface area contributed by atoms with Gasteiger partial charge in [0.1, 0.15) is 11.5 Å². The molecule has 5 rings (SSSR count). The molecule has 1 fully saturated rings. The molecule has 2 aromatic carbocycles. The van der Waals surface area contributed by atoms with Gasteiger partial charge >= 0.3 is 0 Å². The fraction of sp³-hybridized carbons (Fsp3) is 0.222. The van der Waals surface area contributed by atoms with Gasteiger partial charge in [-0.25, -0.2) is 9.37 Å². The molecule has 3 heterocycles. The minimum absolute atomic E-state index is 0.114. The van der Waals surface area contributed by atoms with Crippen LogP contribution in [0, 0.1) is 31.0 Å². The van der Waals surface area contributed by atoms with Crippen LogP contribution in [0.15, 0.2) is 48.5 Å². The molecule has 0 atom stereocenters. The summed E-state index contributed by atoms with van der Waals surface area (Å²) >= 11 is 0. The second-order valence-electron chi connectivity index (χ2n) is 8.83. The summed E-state index contributed by atoms with van der Waals surface area (Å²) in [5.41, 5.74) is 4.10. The SMILES string of the molecule is Cc1nn(Cc2ccc(C#N)cc2)c(C)c1NC(=O)c1cc(C(=O)N2CCC2)nc2cc(F)ccc12. The van der Waals surface area contributed by atoms with Gasteiger partial charge in [0, 0.05) is 24.5 Å². The molecule has 0 spiro atoms. The third-order valence-electron chi connectivity index (χ3n) is 6.41. The van der Waals surface area contributed by atoms with E-state index in [2.05, 4.69) is 21.5 Å². The van der Waals surface area contributed by atoms with Crippen molar-refractivity contribution in [1.82, 2.24) is 19.7 Å². The van der Waals surface area contributed by atoms with Gasteiger partial charge in [-0.15, -0.1) is 0 Å². The minimum Gasteiger partial charge on any atom is -0.337 e. The third-order valence-corrected chi connectivity index (χ3v) is 6.41. The van der Waals surface area contributed by atoms with Crippen LogP contribution in [0.25, 0.3) is 10.9 Å². The lowest BCUT2D eigenvalue weighted by Crippen LogP contribution is -2.42. The molecule has 180 valence electrons. The van der Waals surface area contributed by atoms with Crippen molar-refractivity contribution in [2.75, 3.05) is 18.4 Å². The standard InChI is InChI=1S/C27H23FN6O2/c1-16-25(17(2)34(32-16)15-19-6-4-18(14-29)5-7-19)31-26(35)22-13-24(27(36)33-10-3-11-33)30-23-12-20(28)8-9-21(22)23/h4-9,12-13H,3,10-11,15H2,1-2H3,(H,31,35). The van der Waals surface area contributed by atoms with Gasteiger partial charge in [-0.05, 0) is 56.2 Å². The van der Waals surface area contributed by atoms with E-state index in [-0.39, 0.29) is 22.7 Å². The Morgan fingerprint density at radius 2 is 1.86 bits per heavy atom. The number of pyridine rings is 1. The van der Waals surface area contributed by atoms with Crippen LogP contribution in [0.5, 0.6) is 0 Å². The van der Waals surface area contributed by atoms with E-state index in [9.17, 15) is 14.0 Å². The first-order valence-corrected chi connectivity index (χ1v) is 11.6. The lowest BCUT2D eigenvalue weighted by Gasteiger charge is -2.30. The van der Waals surface area contributed by atoms with Gasteiger partial charge in [0.15, 0.2) is 0 Å². The van der Waals surface area contributed by atoms with E-state index in [0.29, 0.717) is 42.0 Å². The molecule has 4 aromatic rings. The van der Waals surface area contributed by atoms with Gasteiger partial charge in [-0.1, -0.05) is 12.1 Å². The summed E-state index contributed by atoms with van der Waals surface area (Å²) in [7, 11) is 0. The van der Waals surface area contributed by atoms with Crippen LogP contribution in [-0.4, -0.2) is 44.6 Å². The van der Waals surface area contributed by atoms with Crippen molar-refractivity contribution in [3.63, 3.8) is 0 Å². The van der Waals surface area contributed by atoms with Gasteiger partial charge in [-0.3, -0.25) is 14.3 Å². The Morgan fingerprint density at radius 3 is 2.53 bits per heavy atom. The van der Waals surface area contributed by atoms with Crippen LogP contribution >= 0.6 is 0 Å². The summed E-state index contributed by atoms with van der Waals surface area (Å²) in [5.74, 6) is -1.20. The Hall–Kier alpha value is -4.58. The molecule has 0 bridgehead atoms. The molecule has 1 aliphatic rings. The molecular weight excluding hydrogens is 459 g/mol. The van der Waals surface area contributed by atoms with Crippen LogP contribution < -0.4 is 5.32 Å². The predicted octanol–water partition coefficient (Wildman–Crippen LogP) is 4.21. The smallest absolute Gasteiger partial charge is 0.272 e. The number of fused-ring (bicyclic) bond motifs is 1. The number of carbonyl (C=O) groups excluding carboxylic acids is 2. The molecule has 0 unspecified atom stereocenters. The van der Waals surface area contributed by atoms with E-state index in [1.807, 2.05) is 19.1 Å². The number of benzene rings is 2. The number of aryl methyl sites for hydroxylation is 1. The first-order chi connectivity index (χ1) is 17.3. The van der Waals surface area contributed by atoms with Crippen LogP contribution in [0.2, 0.25) is 0 Å². The summed E-state index contributed by atoms with van der Waals surface area (Å²) in [5, 5.41) is 17.0. The Labute approximate surface area is 207 Å². The topological polar surface area (TPSA) is 104 Å². The molecule has 36 heavy (non-hydrogen) atoms. The average Bonchev–Trinajstić information content (AvgIpc) is 3.09. The lowest BCUT2D eigenvalue weighted by atomic mass is 10.1. The maximum atomic E-state index is 14.0. The quantitative estimate of drug-likeness (QED) is 0.459. The summed E-state index contributed by atoms with van der Waals surface area (Å²) in [6, 6.07) is 14.8. The summed E-state index contributed by atoms with van der Waals surface area (Å²) in [6.45, 7) is 5.41. The zero-order valence-electron chi connectivity index (χ0n) is 19.9. The second-order valence-corrected chi connectivity index (χ2v) is 8.83. The van der Waals surface area contributed by atoms with Gasteiger partial charge in [0.25, 0.3) is 11.8 Å². The molecule has 1 saturated heterocycles. The number of hydrogen-bond acceptors (Lipinski definition) is 5. The first-order valence-electron chi connectivity index (χ1n) is 11.6. The molecule has 1 aliphatic heterocycles. The number of anilines is 1. The fourth-order valence-electron chi connectivity index (χ4n) is 4.25. The number of nitriles is 1. The van der Waals surface area contributed by atoms with Crippen molar-refractivity contribution in [1.29, 1.82) is 5.26 Å². The zero-order valence-corrected chi connectivity index (χ0v) is 19.9. The van der Waals surface area contributed by atoms with Crippen molar-refractivity contribution in [2.45, 2.75) is 26.8 Å². The minimum atomic E-state index is -0.495. The van der Waals surface area contributed by atoms with Crippen molar-refractivity contribution >= 4 is 28.4 Å². The van der Waals surface area contributed by atoms with Crippen molar-refractivity contribution in [3.05, 3.63) is 88.1 Å². The predicted molar refractivity (Wildman–Crippen MR) is 132 cm³/mol. The molecule has 0 radical (unpaired) electrons. The van der Waals surface area contributed by atoms with Crippen molar-refractivity contribution < 1.29 is 14.0 Å². The third kappa shape index (κ3) is 4.29. The average molecular weight is 483 g/mol. The lowest BCUT2D eigenvalue weighted by molar-refractivity contribution is 0.0646. The van der Waals surface area contributed by atoms with E-state index < -0.39 is 11.7 Å². The summed E-state index contributed by atoms with van der Waals surface area (Å²) < 4.78 is 15.7. The molecule has 9 heteroatoms. The molecule has 0 saturated carbocycles. The van der Waals surface area contributed by atoms with Gasteiger partial charge in [0.05, 0.1) is 46.3 Å². The van der Waals surface area contributed by atoms with E-state index in [4.69, 9.17) is 5.26 Å². The van der Waals surface area contributed by atoms with Crippen LogP contribution in [0.3, 0.4) is 0 Å². The summed E-state index contributed by atoms with van der Waals surface area (Å²) in [6.07, 6.45) is 0.923. The Balaban J connectivity index is 1.46. The van der Waals surface area contributed by atoms with E-state index in [1.54, 1.807) is 28.6 Å². The Morgan fingerprint density at radius 1 is 1.11 bits per heavy atom. The normalized spacial score (nSPS) is 12.8. The first kappa shape index (κ1) is 23.2. The second kappa shape index (κ2) is 9.23. The number of nitrogens with zero attached hydrogens (tertiary/aromatic N) is 5. The highest BCUT2D eigenvalue weighted by atomic mass is 19.1. The molecule has 2 aromatic heterocycles. The van der Waals surface area contributed by atoms with Crippen LogP contribution in [0.4, 0.5) is 10.1 Å². The molecular formula is C27H23FN6O2. The number of hydrogen-bond donors (Lipinski definition) is 1. The number of rotatable bonds is 5. The van der Waals surface area contributed by atoms with Gasteiger partial charge in [0.2, 0.25) is 0 Å². The molecule has 1 N–H and O–H groups in total. The fourth-order valence-corrected chi connectivity index (χ4v) is 4.25. The number of aromatic nitrogens is 3. The maximum absolute atomic E-state index is 14.0. The van der Waals surface area contributed by atoms with Crippen LogP contribution in [0.1, 0.15) is 49.8 Å². The van der Waals surface area contributed by atoms with Crippen molar-refractivity contribution in [3.8, 4) is 6.07 Å². The van der Waals surface area contributed by atoms with E-state index in [1.165, 1.54) is 24.3 Å². The number of carbonyl (C=O) groups is 2. The largest absolute Gasteiger partial charge is 0.337 e. The summed E-state index contributed by atoms with van der Waals surface area (Å²) in [4.78, 5) is 32.3. The number of halogens is 1. The van der Waals surface area contributed by atoms with Crippen LogP contribution in [-0.2, 0) is 6.54 Å². The highest BCUT2D eigenvalue weighted by Gasteiger charge is 2.25. The van der Waals surface area contributed by atoms with E-state index >= 15 is 0 Å². The molecule has 2 amide bonds. The number of amides is 2.